The maximum Gasteiger partial charge on any atom is 0.162 e. The summed E-state index contributed by atoms with van der Waals surface area (Å²) in [5.41, 5.74) is 4.68. The van der Waals surface area contributed by atoms with Gasteiger partial charge in [-0.3, -0.25) is 9.69 Å². The van der Waals surface area contributed by atoms with E-state index < -0.39 is 0 Å². The van der Waals surface area contributed by atoms with Crippen LogP contribution in [0.2, 0.25) is 0 Å². The third-order valence-electron chi connectivity index (χ3n) is 6.18. The number of Topliss-reactive ketones (excluding diaryl/α,β-unsaturated/α-hetero) is 1. The number of fused-ring (bicyclic) bond motifs is 1. The predicted octanol–water partition coefficient (Wildman–Crippen LogP) is 6.60. The minimum Gasteiger partial charge on any atom is -0.361 e. The van der Waals surface area contributed by atoms with Crippen LogP contribution >= 0.6 is 0 Å². The first-order chi connectivity index (χ1) is 13.6. The summed E-state index contributed by atoms with van der Waals surface area (Å²) in [6, 6.07) is 6.81. The zero-order valence-electron chi connectivity index (χ0n) is 17.9. The molecule has 28 heavy (non-hydrogen) atoms. The molecule has 0 bridgehead atoms. The van der Waals surface area contributed by atoms with Gasteiger partial charge in [0.05, 0.1) is 0 Å². The highest BCUT2D eigenvalue weighted by molar-refractivity contribution is 6.02. The first kappa shape index (κ1) is 20.9. The molecule has 1 N–H and O–H groups in total. The molecule has 1 aromatic carbocycles. The van der Waals surface area contributed by atoms with E-state index in [0.717, 1.165) is 43.4 Å². The van der Waals surface area contributed by atoms with E-state index in [0.29, 0.717) is 12.5 Å². The standard InChI is InChI=1S/C25H36N2O/c1-4-6-7-8-10-25(28)21-11-12-24-22(17-21)23(18-26-24)20-13-15-27(16-14-20)19(3)9-5-2/h11-13,17-19,26H,4-10,14-16H2,1-3H3. The van der Waals surface area contributed by atoms with Crippen LogP contribution in [0.1, 0.15) is 88.1 Å². The van der Waals surface area contributed by atoms with Crippen molar-refractivity contribution in [1.82, 2.24) is 9.88 Å². The Hall–Kier alpha value is -1.87. The molecule has 3 rings (SSSR count). The molecule has 0 amide bonds. The summed E-state index contributed by atoms with van der Waals surface area (Å²) in [6.45, 7) is 8.95. The number of unbranched alkanes of at least 4 members (excludes halogenated alkanes) is 3. The van der Waals surface area contributed by atoms with Gasteiger partial charge in [0.15, 0.2) is 5.78 Å². The van der Waals surface area contributed by atoms with E-state index in [4.69, 9.17) is 0 Å². The number of aromatic nitrogens is 1. The van der Waals surface area contributed by atoms with Crippen LogP contribution in [0.15, 0.2) is 30.5 Å². The van der Waals surface area contributed by atoms with Crippen molar-refractivity contribution >= 4 is 22.3 Å². The molecule has 0 radical (unpaired) electrons. The van der Waals surface area contributed by atoms with Gasteiger partial charge in [0.1, 0.15) is 0 Å². The smallest absolute Gasteiger partial charge is 0.162 e. The van der Waals surface area contributed by atoms with Crippen LogP contribution in [0, 0.1) is 0 Å². The second-order valence-corrected chi connectivity index (χ2v) is 8.31. The lowest BCUT2D eigenvalue weighted by Crippen LogP contribution is -2.36. The van der Waals surface area contributed by atoms with Gasteiger partial charge in [-0.1, -0.05) is 45.6 Å². The van der Waals surface area contributed by atoms with E-state index in [1.54, 1.807) is 0 Å². The molecule has 2 aromatic rings. The number of aromatic amines is 1. The Kier molecular flexibility index (Phi) is 7.50. The lowest BCUT2D eigenvalue weighted by molar-refractivity contribution is 0.0979. The second kappa shape index (κ2) is 10.1. The van der Waals surface area contributed by atoms with Crippen molar-refractivity contribution in [1.29, 1.82) is 0 Å². The van der Waals surface area contributed by atoms with E-state index in [1.807, 2.05) is 6.07 Å². The zero-order chi connectivity index (χ0) is 19.9. The van der Waals surface area contributed by atoms with E-state index in [2.05, 4.69) is 55.1 Å². The molecular weight excluding hydrogens is 344 g/mol. The Labute approximate surface area is 170 Å². The summed E-state index contributed by atoms with van der Waals surface area (Å²) in [5, 5.41) is 1.20. The van der Waals surface area contributed by atoms with Crippen LogP contribution in [0.4, 0.5) is 0 Å². The number of carbonyl (C=O) groups is 1. The fourth-order valence-corrected chi connectivity index (χ4v) is 4.35. The Bertz CT molecular complexity index is 817. The largest absolute Gasteiger partial charge is 0.361 e. The molecule has 152 valence electrons. The van der Waals surface area contributed by atoms with Crippen molar-refractivity contribution in [2.75, 3.05) is 13.1 Å². The van der Waals surface area contributed by atoms with Crippen LogP contribution < -0.4 is 0 Å². The molecule has 1 aliphatic rings. The van der Waals surface area contributed by atoms with Gasteiger partial charge in [0.2, 0.25) is 0 Å². The number of nitrogens with one attached hydrogen (secondary N) is 1. The molecule has 1 aliphatic heterocycles. The predicted molar refractivity (Wildman–Crippen MR) is 120 cm³/mol. The fourth-order valence-electron chi connectivity index (χ4n) is 4.35. The van der Waals surface area contributed by atoms with Crippen LogP contribution in [0.3, 0.4) is 0 Å². The average molecular weight is 381 g/mol. The quantitative estimate of drug-likeness (QED) is 0.372. The zero-order valence-corrected chi connectivity index (χ0v) is 17.9. The first-order valence-electron chi connectivity index (χ1n) is 11.2. The summed E-state index contributed by atoms with van der Waals surface area (Å²) < 4.78 is 0. The first-order valence-corrected chi connectivity index (χ1v) is 11.2. The number of rotatable bonds is 10. The van der Waals surface area contributed by atoms with Crippen molar-refractivity contribution in [2.24, 2.45) is 0 Å². The molecule has 0 saturated heterocycles. The Morgan fingerprint density at radius 3 is 2.75 bits per heavy atom. The van der Waals surface area contributed by atoms with E-state index in [9.17, 15) is 4.79 Å². The number of carbonyl (C=O) groups excluding carboxylic acids is 1. The molecule has 2 heterocycles. The van der Waals surface area contributed by atoms with Gasteiger partial charge < -0.3 is 4.98 Å². The molecular formula is C25H36N2O. The number of hydrogen-bond donors (Lipinski definition) is 1. The van der Waals surface area contributed by atoms with Crippen LogP contribution in [0.5, 0.6) is 0 Å². The molecule has 0 aliphatic carbocycles. The maximum atomic E-state index is 12.6. The van der Waals surface area contributed by atoms with Crippen molar-refractivity contribution < 1.29 is 4.79 Å². The van der Waals surface area contributed by atoms with Crippen molar-refractivity contribution in [3.05, 3.63) is 41.6 Å². The van der Waals surface area contributed by atoms with Gasteiger partial charge in [-0.25, -0.2) is 0 Å². The number of hydrogen-bond acceptors (Lipinski definition) is 2. The van der Waals surface area contributed by atoms with Gasteiger partial charge in [-0.2, -0.15) is 0 Å². The average Bonchev–Trinajstić information content (AvgIpc) is 3.14. The van der Waals surface area contributed by atoms with E-state index in [-0.39, 0.29) is 5.78 Å². The maximum absolute atomic E-state index is 12.6. The molecule has 0 spiro atoms. The molecule has 0 saturated carbocycles. The van der Waals surface area contributed by atoms with Gasteiger partial charge in [0, 0.05) is 53.8 Å². The lowest BCUT2D eigenvalue weighted by atomic mass is 9.96. The summed E-state index contributed by atoms with van der Waals surface area (Å²) in [6.07, 6.45) is 13.3. The molecule has 0 fully saturated rings. The third kappa shape index (κ3) is 4.94. The molecule has 3 nitrogen and oxygen atoms in total. The van der Waals surface area contributed by atoms with Crippen LogP contribution in [-0.4, -0.2) is 34.8 Å². The van der Waals surface area contributed by atoms with Crippen LogP contribution in [-0.2, 0) is 0 Å². The number of nitrogens with zero attached hydrogens (tertiary/aromatic N) is 1. The van der Waals surface area contributed by atoms with Gasteiger partial charge in [-0.05, 0) is 50.0 Å². The van der Waals surface area contributed by atoms with E-state index in [1.165, 1.54) is 42.2 Å². The van der Waals surface area contributed by atoms with Crippen LogP contribution in [0.25, 0.3) is 16.5 Å². The summed E-state index contributed by atoms with van der Waals surface area (Å²) in [7, 11) is 0. The Morgan fingerprint density at radius 2 is 2.04 bits per heavy atom. The minimum atomic E-state index is 0.280. The highest BCUT2D eigenvalue weighted by Gasteiger charge is 2.19. The second-order valence-electron chi connectivity index (χ2n) is 8.31. The van der Waals surface area contributed by atoms with Crippen molar-refractivity contribution in [2.45, 2.75) is 78.2 Å². The highest BCUT2D eigenvalue weighted by atomic mass is 16.1. The number of ketones is 1. The molecule has 1 unspecified atom stereocenters. The van der Waals surface area contributed by atoms with E-state index >= 15 is 0 Å². The Balaban J connectivity index is 1.73. The highest BCUT2D eigenvalue weighted by Crippen LogP contribution is 2.31. The molecule has 1 aromatic heterocycles. The molecule has 1 atom stereocenters. The third-order valence-corrected chi connectivity index (χ3v) is 6.18. The number of H-pyrrole nitrogens is 1. The Morgan fingerprint density at radius 1 is 1.18 bits per heavy atom. The summed E-state index contributed by atoms with van der Waals surface area (Å²) in [4.78, 5) is 18.6. The minimum absolute atomic E-state index is 0.280. The topological polar surface area (TPSA) is 36.1 Å². The molecule has 3 heteroatoms. The van der Waals surface area contributed by atoms with Crippen molar-refractivity contribution in [3.8, 4) is 0 Å². The normalized spacial score (nSPS) is 16.3. The fraction of sp³-hybridized carbons (Fsp3) is 0.560. The van der Waals surface area contributed by atoms with Gasteiger partial charge >= 0.3 is 0 Å². The monoisotopic (exact) mass is 380 g/mol. The summed E-state index contributed by atoms with van der Waals surface area (Å²) in [5.74, 6) is 0.280. The number of benzene rings is 1. The van der Waals surface area contributed by atoms with Gasteiger partial charge in [-0.15, -0.1) is 0 Å². The van der Waals surface area contributed by atoms with Gasteiger partial charge in [0.25, 0.3) is 0 Å². The summed E-state index contributed by atoms with van der Waals surface area (Å²) >= 11 is 0. The van der Waals surface area contributed by atoms with Crippen molar-refractivity contribution in [3.63, 3.8) is 0 Å². The lowest BCUT2D eigenvalue weighted by Gasteiger charge is -2.31. The SMILES string of the molecule is CCCCCCC(=O)c1ccc2[nH]cc(C3=CCN(C(C)CCC)CC3)c2c1.